The van der Waals surface area contributed by atoms with Gasteiger partial charge in [0, 0.05) is 5.56 Å². The molecule has 13 nitrogen and oxygen atoms in total. The summed E-state index contributed by atoms with van der Waals surface area (Å²) in [6, 6.07) is 11.2. The van der Waals surface area contributed by atoms with Gasteiger partial charge in [0.05, 0.1) is 27.4 Å². The van der Waals surface area contributed by atoms with Crippen LogP contribution in [0, 0.1) is 5.82 Å². The Bertz CT molecular complexity index is 1400. The van der Waals surface area contributed by atoms with Crippen molar-refractivity contribution >= 4 is 17.9 Å². The van der Waals surface area contributed by atoms with Crippen LogP contribution in [0.25, 0.3) is 5.82 Å². The third kappa shape index (κ3) is 5.87. The zero-order valence-electron chi connectivity index (χ0n) is 20.3. The number of quaternary nitrogens is 1. The number of methoxy groups -OCH3 is 1. The van der Waals surface area contributed by atoms with Gasteiger partial charge in [-0.3, -0.25) is 4.79 Å². The van der Waals surface area contributed by atoms with Crippen molar-refractivity contribution in [2.24, 2.45) is 5.10 Å². The molecular formula is C23H25FN9O4+. The maximum absolute atomic E-state index is 13.2. The lowest BCUT2D eigenvalue weighted by Gasteiger charge is -2.13. The van der Waals surface area contributed by atoms with Crippen molar-refractivity contribution in [1.29, 1.82) is 0 Å². The monoisotopic (exact) mass is 510 g/mol. The molecule has 1 amide bonds. The molecule has 0 aliphatic heterocycles. The molecule has 0 spiro atoms. The number of carbonyl (C=O) groups is 1. The fraction of sp³-hybridized carbons (Fsp3) is 0.217. The number of hydrogen-bond acceptors (Lipinski definition) is 10. The maximum Gasteiger partial charge on any atom is 0.294 e. The molecule has 2 aromatic heterocycles. The minimum Gasteiger partial charge on any atom is -0.493 e. The Hall–Kier alpha value is -4.85. The third-order valence-corrected chi connectivity index (χ3v) is 5.09. The van der Waals surface area contributed by atoms with E-state index in [1.54, 1.807) is 30.3 Å². The number of hydrogen-bond donors (Lipinski definition) is 3. The van der Waals surface area contributed by atoms with Crippen molar-refractivity contribution in [3.63, 3.8) is 0 Å². The van der Waals surface area contributed by atoms with Crippen LogP contribution in [0.3, 0.4) is 0 Å². The van der Waals surface area contributed by atoms with Crippen molar-refractivity contribution in [1.82, 2.24) is 30.7 Å². The van der Waals surface area contributed by atoms with Crippen LogP contribution in [0.15, 0.2) is 52.2 Å². The number of nitrogens with one attached hydrogen (secondary N) is 2. The Morgan fingerprint density at radius 1 is 1.24 bits per heavy atom. The van der Waals surface area contributed by atoms with E-state index in [1.165, 1.54) is 30.1 Å². The Labute approximate surface area is 210 Å². The molecule has 4 N–H and O–H groups in total. The van der Waals surface area contributed by atoms with Crippen molar-refractivity contribution in [3.8, 4) is 17.3 Å². The van der Waals surface area contributed by atoms with Crippen molar-refractivity contribution in [2.45, 2.75) is 13.2 Å². The molecule has 0 atom stereocenters. The van der Waals surface area contributed by atoms with Gasteiger partial charge in [0.1, 0.15) is 24.7 Å². The Kier molecular flexibility index (Phi) is 7.68. The summed E-state index contributed by atoms with van der Waals surface area (Å²) < 4.78 is 30.5. The first kappa shape index (κ1) is 25.2. The number of rotatable bonds is 10. The summed E-state index contributed by atoms with van der Waals surface area (Å²) >= 11 is 0. The lowest BCUT2D eigenvalue weighted by Crippen LogP contribution is -3.04. The summed E-state index contributed by atoms with van der Waals surface area (Å²) in [4.78, 5) is 13.9. The number of nitrogen functional groups attached to an aromatic ring is 1. The zero-order valence-corrected chi connectivity index (χ0v) is 20.3. The molecule has 0 bridgehead atoms. The van der Waals surface area contributed by atoms with Crippen LogP contribution in [0.2, 0.25) is 0 Å². The minimum absolute atomic E-state index is 0.0103. The summed E-state index contributed by atoms with van der Waals surface area (Å²) in [7, 11) is 5.31. The third-order valence-electron chi connectivity index (χ3n) is 5.09. The van der Waals surface area contributed by atoms with Crippen LogP contribution in [0.1, 0.15) is 27.3 Å². The summed E-state index contributed by atoms with van der Waals surface area (Å²) in [6.07, 6.45) is 1.42. The zero-order chi connectivity index (χ0) is 26.4. The number of ether oxygens (including phenoxy) is 2. The number of nitrogens with two attached hydrogens (primary N) is 1. The number of halogens is 1. The van der Waals surface area contributed by atoms with Crippen molar-refractivity contribution in [2.75, 3.05) is 26.9 Å². The van der Waals surface area contributed by atoms with Crippen LogP contribution in [-0.2, 0) is 13.2 Å². The number of anilines is 1. The van der Waals surface area contributed by atoms with Crippen molar-refractivity contribution < 1.29 is 28.2 Å². The predicted molar refractivity (Wildman–Crippen MR) is 129 cm³/mol. The molecule has 0 fully saturated rings. The molecule has 4 rings (SSSR count). The molecule has 0 aliphatic carbocycles. The minimum atomic E-state index is -0.592. The molecule has 0 saturated heterocycles. The van der Waals surface area contributed by atoms with Crippen molar-refractivity contribution in [3.05, 3.63) is 70.8 Å². The number of nitrogens with zero attached hydrogens (tertiary/aromatic N) is 6. The van der Waals surface area contributed by atoms with E-state index >= 15 is 0 Å². The summed E-state index contributed by atoms with van der Waals surface area (Å²) in [5, 5.41) is 19.3. The standard InChI is InChI=1S/C23H24FN9O4/c1-32(2)12-17-19(27-31-33(17)22-21(25)29-37-30-22)23(34)28-26-11-15-5-4-6-18(35-3)20(15)36-13-14-7-9-16(24)10-8-14/h4-11H,12-13H2,1-3H3,(H2,25,29)(H,28,34)/p+1/b26-11-. The fourth-order valence-electron chi connectivity index (χ4n) is 3.38. The first-order valence-electron chi connectivity index (χ1n) is 11.1. The molecule has 0 unspecified atom stereocenters. The molecule has 2 heterocycles. The van der Waals surface area contributed by atoms with Gasteiger partial charge in [0.15, 0.2) is 17.2 Å². The van der Waals surface area contributed by atoms with E-state index in [9.17, 15) is 9.18 Å². The van der Waals surface area contributed by atoms with Crippen LogP contribution in [-0.4, -0.2) is 58.6 Å². The highest BCUT2D eigenvalue weighted by atomic mass is 19.1. The Balaban J connectivity index is 1.53. The molecule has 0 aliphatic rings. The number of aromatic nitrogens is 5. The second-order valence-corrected chi connectivity index (χ2v) is 8.15. The van der Waals surface area contributed by atoms with Gasteiger partial charge in [0.2, 0.25) is 11.6 Å². The maximum atomic E-state index is 13.2. The SMILES string of the molecule is COc1cccc(/C=N\NC(=O)c2nnn(-c3nonc3N)c2C[NH+](C)C)c1OCc1ccc(F)cc1. The van der Waals surface area contributed by atoms with Gasteiger partial charge in [-0.2, -0.15) is 9.78 Å². The molecule has 192 valence electrons. The van der Waals surface area contributed by atoms with E-state index in [0.717, 1.165) is 10.5 Å². The van der Waals surface area contributed by atoms with Crippen LogP contribution in [0.4, 0.5) is 10.2 Å². The fourth-order valence-corrected chi connectivity index (χ4v) is 3.38. The lowest BCUT2D eigenvalue weighted by molar-refractivity contribution is -0.873. The smallest absolute Gasteiger partial charge is 0.294 e. The lowest BCUT2D eigenvalue weighted by atomic mass is 10.2. The largest absolute Gasteiger partial charge is 0.493 e. The van der Waals surface area contributed by atoms with Crippen LogP contribution < -0.4 is 25.5 Å². The summed E-state index contributed by atoms with van der Waals surface area (Å²) in [6.45, 7) is 0.552. The molecule has 0 saturated carbocycles. The highest BCUT2D eigenvalue weighted by Crippen LogP contribution is 2.31. The second kappa shape index (κ2) is 11.3. The first-order chi connectivity index (χ1) is 17.9. The molecule has 0 radical (unpaired) electrons. The van der Waals surface area contributed by atoms with E-state index < -0.39 is 5.91 Å². The van der Waals surface area contributed by atoms with Crippen LogP contribution in [0.5, 0.6) is 11.5 Å². The summed E-state index contributed by atoms with van der Waals surface area (Å²) in [5.74, 6) is 0.0904. The van der Waals surface area contributed by atoms with E-state index in [1.807, 2.05) is 14.1 Å². The number of benzene rings is 2. The first-order valence-corrected chi connectivity index (χ1v) is 11.1. The van der Waals surface area contributed by atoms with E-state index in [4.69, 9.17) is 15.2 Å². The Morgan fingerprint density at radius 2 is 2.03 bits per heavy atom. The normalized spacial score (nSPS) is 11.3. The number of para-hydroxylation sites is 1. The Morgan fingerprint density at radius 3 is 2.70 bits per heavy atom. The van der Waals surface area contributed by atoms with E-state index in [0.29, 0.717) is 29.3 Å². The van der Waals surface area contributed by atoms with Gasteiger partial charge >= 0.3 is 0 Å². The second-order valence-electron chi connectivity index (χ2n) is 8.15. The number of carbonyl (C=O) groups excluding carboxylic acids is 1. The predicted octanol–water partition coefficient (Wildman–Crippen LogP) is 0.368. The molecular weight excluding hydrogens is 485 g/mol. The van der Waals surface area contributed by atoms with Gasteiger partial charge in [0.25, 0.3) is 5.91 Å². The average molecular weight is 511 g/mol. The highest BCUT2D eigenvalue weighted by molar-refractivity contribution is 5.94. The quantitative estimate of drug-likeness (QED) is 0.202. The van der Waals surface area contributed by atoms with Gasteiger partial charge in [-0.1, -0.05) is 23.4 Å². The van der Waals surface area contributed by atoms with Gasteiger partial charge in [-0.05, 0) is 40.1 Å². The van der Waals surface area contributed by atoms with Gasteiger partial charge in [-0.25, -0.2) is 14.4 Å². The topological polar surface area (TPSA) is 160 Å². The number of amides is 1. The molecule has 37 heavy (non-hydrogen) atoms. The molecule has 14 heteroatoms. The van der Waals surface area contributed by atoms with Gasteiger partial charge in [-0.15, -0.1) is 5.10 Å². The number of hydrazone groups is 1. The summed E-state index contributed by atoms with van der Waals surface area (Å²) in [5.41, 5.74) is 10.0. The molecule has 4 aromatic rings. The van der Waals surface area contributed by atoms with Crippen LogP contribution >= 0.6 is 0 Å². The molecule has 2 aromatic carbocycles. The van der Waals surface area contributed by atoms with E-state index in [-0.39, 0.29) is 29.8 Å². The van der Waals surface area contributed by atoms with Gasteiger partial charge < -0.3 is 20.1 Å². The highest BCUT2D eigenvalue weighted by Gasteiger charge is 2.25. The average Bonchev–Trinajstić information content (AvgIpc) is 3.49. The van der Waals surface area contributed by atoms with E-state index in [2.05, 4.69) is 35.8 Å².